The second kappa shape index (κ2) is 22.2. The van der Waals surface area contributed by atoms with Gasteiger partial charge in [0.25, 0.3) is 10.1 Å². The van der Waals surface area contributed by atoms with Gasteiger partial charge >= 0.3 is 6.16 Å². The van der Waals surface area contributed by atoms with Crippen LogP contribution in [0.4, 0.5) is 4.79 Å². The highest BCUT2D eigenvalue weighted by Crippen LogP contribution is 2.15. The van der Waals surface area contributed by atoms with Crippen LogP contribution in [0.5, 0.6) is 0 Å². The van der Waals surface area contributed by atoms with Crippen molar-refractivity contribution in [2.24, 2.45) is 0 Å². The fourth-order valence-corrected chi connectivity index (χ4v) is 5.14. The Balaban J connectivity index is 2.08. The Kier molecular flexibility index (Phi) is 20.1. The number of hydrogen-bond donors (Lipinski definition) is 0. The number of carbonyl (C=O) groups is 1. The van der Waals surface area contributed by atoms with E-state index in [0.717, 1.165) is 18.4 Å². The van der Waals surface area contributed by atoms with Gasteiger partial charge in [0, 0.05) is 6.61 Å². The lowest BCUT2D eigenvalue weighted by molar-refractivity contribution is -0.0260. The van der Waals surface area contributed by atoms with E-state index in [1.807, 2.05) is 6.92 Å². The molecule has 0 aromatic heterocycles. The van der Waals surface area contributed by atoms with Gasteiger partial charge < -0.3 is 14.2 Å². The summed E-state index contributed by atoms with van der Waals surface area (Å²) in [5.74, 6) is 0. The highest BCUT2D eigenvalue weighted by Gasteiger charge is 2.22. The first-order chi connectivity index (χ1) is 18.4. The Morgan fingerprint density at radius 2 is 1.21 bits per heavy atom. The van der Waals surface area contributed by atoms with Crippen molar-refractivity contribution in [2.45, 2.75) is 128 Å². The van der Waals surface area contributed by atoms with Crippen LogP contribution in [-0.2, 0) is 28.5 Å². The summed E-state index contributed by atoms with van der Waals surface area (Å²) < 4.78 is 45.2. The zero-order valence-corrected chi connectivity index (χ0v) is 24.9. The number of aryl methyl sites for hydroxylation is 1. The smallest absolute Gasteiger partial charge is 0.438 e. The van der Waals surface area contributed by atoms with Crippen LogP contribution in [-0.4, -0.2) is 47.6 Å². The van der Waals surface area contributed by atoms with Crippen molar-refractivity contribution < 1.29 is 31.6 Å². The van der Waals surface area contributed by atoms with E-state index in [9.17, 15) is 13.2 Å². The molecule has 0 saturated carbocycles. The van der Waals surface area contributed by atoms with Crippen LogP contribution >= 0.6 is 0 Å². The van der Waals surface area contributed by atoms with Crippen LogP contribution in [0.3, 0.4) is 0 Å². The van der Waals surface area contributed by atoms with Gasteiger partial charge in [-0.3, -0.25) is 4.18 Å². The van der Waals surface area contributed by atoms with E-state index in [0.29, 0.717) is 6.61 Å². The first kappa shape index (κ1) is 34.4. The average molecular weight is 557 g/mol. The highest BCUT2D eigenvalue weighted by molar-refractivity contribution is 7.86. The summed E-state index contributed by atoms with van der Waals surface area (Å²) in [7, 11) is -2.77. The number of benzene rings is 1. The number of ether oxygens (including phenoxy) is 3. The first-order valence-corrected chi connectivity index (χ1v) is 16.1. The topological polar surface area (TPSA) is 88.1 Å². The summed E-state index contributed by atoms with van der Waals surface area (Å²) in [6.45, 7) is 4.35. The summed E-state index contributed by atoms with van der Waals surface area (Å²) in [6, 6.07) is 6.35. The molecule has 0 N–H and O–H groups in total. The summed E-state index contributed by atoms with van der Waals surface area (Å²) in [5.41, 5.74) is 0.943. The van der Waals surface area contributed by atoms with E-state index in [2.05, 4.69) is 11.7 Å². The van der Waals surface area contributed by atoms with Gasteiger partial charge in [-0.25, -0.2) is 4.79 Å². The number of methoxy groups -OCH3 is 1. The molecule has 0 heterocycles. The monoisotopic (exact) mass is 556 g/mol. The van der Waals surface area contributed by atoms with Crippen molar-refractivity contribution in [2.75, 3.05) is 26.9 Å². The van der Waals surface area contributed by atoms with Gasteiger partial charge in [0.05, 0.1) is 18.6 Å². The molecule has 0 aliphatic carbocycles. The number of rotatable bonds is 24. The fourth-order valence-electron chi connectivity index (χ4n) is 4.21. The Morgan fingerprint density at radius 1 is 0.737 bits per heavy atom. The third-order valence-corrected chi connectivity index (χ3v) is 7.89. The van der Waals surface area contributed by atoms with Gasteiger partial charge in [-0.1, -0.05) is 121 Å². The van der Waals surface area contributed by atoms with E-state index in [-0.39, 0.29) is 18.1 Å². The minimum atomic E-state index is -3.97. The zero-order valence-electron chi connectivity index (χ0n) is 24.1. The molecule has 0 spiro atoms. The normalized spacial score (nSPS) is 12.4. The maximum absolute atomic E-state index is 12.4. The van der Waals surface area contributed by atoms with Gasteiger partial charge in [-0.05, 0) is 25.5 Å². The molecule has 0 bridgehead atoms. The second-order valence-corrected chi connectivity index (χ2v) is 11.7. The number of hydrogen-bond acceptors (Lipinski definition) is 7. The lowest BCUT2D eigenvalue weighted by atomic mass is 10.0. The van der Waals surface area contributed by atoms with Crippen molar-refractivity contribution in [3.63, 3.8) is 0 Å². The maximum Gasteiger partial charge on any atom is 0.508 e. The van der Waals surface area contributed by atoms with Crippen molar-refractivity contribution in [1.82, 2.24) is 0 Å². The Hall–Kier alpha value is -1.64. The van der Waals surface area contributed by atoms with Gasteiger partial charge in [0.2, 0.25) is 0 Å². The van der Waals surface area contributed by atoms with Crippen LogP contribution in [0.2, 0.25) is 0 Å². The molecule has 0 aliphatic heterocycles. The van der Waals surface area contributed by atoms with Gasteiger partial charge in [0.1, 0.15) is 6.61 Å². The summed E-state index contributed by atoms with van der Waals surface area (Å²) in [5, 5.41) is 0. The Bertz CT molecular complexity index is 808. The molecule has 220 valence electrons. The van der Waals surface area contributed by atoms with E-state index in [1.54, 1.807) is 12.1 Å². The molecular weight excluding hydrogens is 504 g/mol. The van der Waals surface area contributed by atoms with Crippen LogP contribution in [0.1, 0.15) is 115 Å². The summed E-state index contributed by atoms with van der Waals surface area (Å²) >= 11 is 0. The van der Waals surface area contributed by atoms with Gasteiger partial charge in [-0.2, -0.15) is 8.42 Å². The van der Waals surface area contributed by atoms with Crippen LogP contribution < -0.4 is 0 Å². The Morgan fingerprint density at radius 3 is 1.68 bits per heavy atom. The molecule has 1 aromatic rings. The SMILES string of the molecule is CCCCCCCCCCCCCCCCCCOCC(COS(=O)(=O)c1ccc(C)cc1)OC(=O)OC. The van der Waals surface area contributed by atoms with Crippen LogP contribution in [0, 0.1) is 6.92 Å². The van der Waals surface area contributed by atoms with E-state index < -0.39 is 22.4 Å². The standard InChI is InChI=1S/C30H52O7S/c1-4-5-6-7-8-9-10-11-12-13-14-15-16-17-18-19-24-35-25-28(37-30(31)34-3)26-36-38(32,33)29-22-20-27(2)21-23-29/h20-23,28H,4-19,24-26H2,1-3H3. The molecular formula is C30H52O7S. The first-order valence-electron chi connectivity index (χ1n) is 14.7. The molecule has 1 atom stereocenters. The highest BCUT2D eigenvalue weighted by atomic mass is 32.2. The molecule has 0 amide bonds. The molecule has 0 aliphatic rings. The minimum Gasteiger partial charge on any atom is -0.438 e. The average Bonchev–Trinajstić information content (AvgIpc) is 2.91. The van der Waals surface area contributed by atoms with Crippen LogP contribution in [0.25, 0.3) is 0 Å². The molecule has 0 fully saturated rings. The molecule has 1 rings (SSSR count). The van der Waals surface area contributed by atoms with Gasteiger partial charge in [0.15, 0.2) is 6.10 Å². The zero-order chi connectivity index (χ0) is 27.9. The molecule has 1 aromatic carbocycles. The quantitative estimate of drug-likeness (QED) is 0.0721. The van der Waals surface area contributed by atoms with E-state index in [4.69, 9.17) is 13.7 Å². The lowest BCUT2D eigenvalue weighted by Gasteiger charge is -2.17. The third-order valence-electron chi connectivity index (χ3n) is 6.59. The Labute approximate surface area is 232 Å². The molecule has 38 heavy (non-hydrogen) atoms. The summed E-state index contributed by atoms with van der Waals surface area (Å²) in [6.07, 6.45) is 19.1. The second-order valence-electron chi connectivity index (χ2n) is 10.1. The number of carbonyl (C=O) groups excluding carboxylic acids is 1. The molecule has 0 saturated heterocycles. The molecule has 0 radical (unpaired) electrons. The predicted molar refractivity (Wildman–Crippen MR) is 152 cm³/mol. The fraction of sp³-hybridized carbons (Fsp3) is 0.767. The van der Waals surface area contributed by atoms with E-state index >= 15 is 0 Å². The third kappa shape index (κ3) is 17.8. The van der Waals surface area contributed by atoms with Crippen molar-refractivity contribution >= 4 is 16.3 Å². The van der Waals surface area contributed by atoms with Crippen molar-refractivity contribution in [1.29, 1.82) is 0 Å². The lowest BCUT2D eigenvalue weighted by Crippen LogP contribution is -2.30. The molecule has 1 unspecified atom stereocenters. The minimum absolute atomic E-state index is 0.0389. The predicted octanol–water partition coefficient (Wildman–Crippen LogP) is 8.13. The largest absolute Gasteiger partial charge is 0.508 e. The van der Waals surface area contributed by atoms with Crippen LogP contribution in [0.15, 0.2) is 29.2 Å². The van der Waals surface area contributed by atoms with Gasteiger partial charge in [-0.15, -0.1) is 0 Å². The molecule has 8 heteroatoms. The number of unbranched alkanes of at least 4 members (excludes halogenated alkanes) is 15. The van der Waals surface area contributed by atoms with Crippen molar-refractivity contribution in [3.05, 3.63) is 29.8 Å². The summed E-state index contributed by atoms with van der Waals surface area (Å²) in [4.78, 5) is 11.6. The molecule has 7 nitrogen and oxygen atoms in total. The maximum atomic E-state index is 12.4. The van der Waals surface area contributed by atoms with E-state index in [1.165, 1.54) is 109 Å². The van der Waals surface area contributed by atoms with Crippen molar-refractivity contribution in [3.8, 4) is 0 Å².